The smallest absolute Gasteiger partial charge is 0.433 e. The molecule has 0 spiro atoms. The van der Waals surface area contributed by atoms with Gasteiger partial charge in [0.1, 0.15) is 17.1 Å². The molecule has 1 heterocycles. The van der Waals surface area contributed by atoms with Crippen LogP contribution in [0.3, 0.4) is 0 Å². The Morgan fingerprint density at radius 3 is 2.62 bits per heavy atom. The van der Waals surface area contributed by atoms with Crippen LogP contribution in [0.2, 0.25) is 0 Å². The molecule has 0 saturated heterocycles. The molecule has 9 heteroatoms. The number of hydrogen-bond acceptors (Lipinski definition) is 5. The lowest BCUT2D eigenvalue weighted by Crippen LogP contribution is -2.17. The molecule has 0 radical (unpaired) electrons. The van der Waals surface area contributed by atoms with Crippen LogP contribution in [0.25, 0.3) is 0 Å². The van der Waals surface area contributed by atoms with Crippen molar-refractivity contribution in [3.8, 4) is 0 Å². The lowest BCUT2D eigenvalue weighted by molar-refractivity contribution is -0.141. The number of pyridine rings is 1. The first kappa shape index (κ1) is 17.2. The van der Waals surface area contributed by atoms with E-state index in [-0.39, 0.29) is 24.5 Å². The first-order valence-electron chi connectivity index (χ1n) is 5.98. The fraction of sp³-hybridized carbons (Fsp3) is 0.500. The Morgan fingerprint density at radius 2 is 2.05 bits per heavy atom. The third-order valence-electron chi connectivity index (χ3n) is 2.39. The summed E-state index contributed by atoms with van der Waals surface area (Å²) in [4.78, 5) is 14.2. The van der Waals surface area contributed by atoms with Crippen LogP contribution >= 0.6 is 0 Å². The highest BCUT2D eigenvalue weighted by Crippen LogP contribution is 2.29. The number of ether oxygens (including phenoxy) is 2. The number of methoxy groups -OCH3 is 1. The molecule has 0 unspecified atom stereocenters. The van der Waals surface area contributed by atoms with Crippen LogP contribution in [0.15, 0.2) is 12.1 Å². The number of carboxylic acids is 1. The summed E-state index contributed by atoms with van der Waals surface area (Å²) in [7, 11) is 1.51. The summed E-state index contributed by atoms with van der Waals surface area (Å²) in [5.41, 5.74) is -1.49. The number of carbonyl (C=O) groups is 1. The number of hydrogen-bond donors (Lipinski definition) is 2. The van der Waals surface area contributed by atoms with E-state index >= 15 is 0 Å². The van der Waals surface area contributed by atoms with Crippen molar-refractivity contribution in [3.63, 3.8) is 0 Å². The largest absolute Gasteiger partial charge is 0.478 e. The number of carboxylic acid groups (broad SMARTS) is 1. The van der Waals surface area contributed by atoms with E-state index in [0.29, 0.717) is 19.3 Å². The summed E-state index contributed by atoms with van der Waals surface area (Å²) < 4.78 is 47.5. The fourth-order valence-electron chi connectivity index (χ4n) is 1.41. The molecule has 0 saturated carbocycles. The van der Waals surface area contributed by atoms with E-state index < -0.39 is 17.8 Å². The van der Waals surface area contributed by atoms with E-state index in [4.69, 9.17) is 14.6 Å². The molecule has 0 atom stereocenters. The van der Waals surface area contributed by atoms with Gasteiger partial charge in [0, 0.05) is 13.7 Å². The van der Waals surface area contributed by atoms with E-state index in [2.05, 4.69) is 10.3 Å². The van der Waals surface area contributed by atoms with Gasteiger partial charge in [0.15, 0.2) is 0 Å². The SMILES string of the molecule is COCCOCCNc1nc(C(F)(F)F)ccc1C(=O)O. The maximum Gasteiger partial charge on any atom is 0.433 e. The highest BCUT2D eigenvalue weighted by atomic mass is 19.4. The highest BCUT2D eigenvalue weighted by molar-refractivity contribution is 5.93. The van der Waals surface area contributed by atoms with Crippen molar-refractivity contribution in [2.75, 3.05) is 38.8 Å². The van der Waals surface area contributed by atoms with Crippen molar-refractivity contribution in [1.82, 2.24) is 4.98 Å². The minimum atomic E-state index is -4.64. The number of halogens is 3. The second kappa shape index (κ2) is 7.79. The summed E-state index contributed by atoms with van der Waals surface area (Å²) in [6.07, 6.45) is -4.64. The zero-order chi connectivity index (χ0) is 15.9. The molecule has 21 heavy (non-hydrogen) atoms. The number of nitrogens with zero attached hydrogens (tertiary/aromatic N) is 1. The molecule has 2 N–H and O–H groups in total. The van der Waals surface area contributed by atoms with Gasteiger partial charge in [-0.25, -0.2) is 9.78 Å². The number of nitrogens with one attached hydrogen (secondary N) is 1. The molecule has 1 aromatic heterocycles. The summed E-state index contributed by atoms with van der Waals surface area (Å²) >= 11 is 0. The molecule has 0 amide bonds. The molecule has 0 aromatic carbocycles. The number of aromatic nitrogens is 1. The van der Waals surface area contributed by atoms with Gasteiger partial charge in [0.25, 0.3) is 0 Å². The minimum Gasteiger partial charge on any atom is -0.478 e. The van der Waals surface area contributed by atoms with Gasteiger partial charge in [0.2, 0.25) is 0 Å². The van der Waals surface area contributed by atoms with Crippen LogP contribution in [0.5, 0.6) is 0 Å². The van der Waals surface area contributed by atoms with Crippen LogP contribution in [-0.2, 0) is 15.7 Å². The quantitative estimate of drug-likeness (QED) is 0.714. The summed E-state index contributed by atoms with van der Waals surface area (Å²) in [5.74, 6) is -1.70. The average molecular weight is 308 g/mol. The maximum absolute atomic E-state index is 12.6. The Balaban J connectivity index is 2.71. The monoisotopic (exact) mass is 308 g/mol. The minimum absolute atomic E-state index is 0.123. The Hall–Kier alpha value is -1.87. The third-order valence-corrected chi connectivity index (χ3v) is 2.39. The Bertz CT molecular complexity index is 480. The van der Waals surface area contributed by atoms with Gasteiger partial charge in [0.05, 0.1) is 19.8 Å². The highest BCUT2D eigenvalue weighted by Gasteiger charge is 2.33. The van der Waals surface area contributed by atoms with Crippen LogP contribution in [0.1, 0.15) is 16.1 Å². The molecular weight excluding hydrogens is 293 g/mol. The molecule has 118 valence electrons. The van der Waals surface area contributed by atoms with Gasteiger partial charge in [-0.05, 0) is 12.1 Å². The lowest BCUT2D eigenvalue weighted by atomic mass is 10.2. The van der Waals surface area contributed by atoms with Gasteiger partial charge >= 0.3 is 12.1 Å². The van der Waals surface area contributed by atoms with Gasteiger partial charge in [-0.15, -0.1) is 0 Å². The van der Waals surface area contributed by atoms with Crippen LogP contribution in [-0.4, -0.2) is 49.5 Å². The van der Waals surface area contributed by atoms with E-state index in [0.717, 1.165) is 6.07 Å². The lowest BCUT2D eigenvalue weighted by Gasteiger charge is -2.12. The summed E-state index contributed by atoms with van der Waals surface area (Å²) in [6, 6.07) is 1.50. The van der Waals surface area contributed by atoms with Crippen LogP contribution in [0, 0.1) is 0 Å². The standard InChI is InChI=1S/C12H15F3N2O4/c1-20-6-7-21-5-4-16-10-8(11(18)19)2-3-9(17-10)12(13,14)15/h2-3H,4-7H2,1H3,(H,16,17)(H,18,19). The third kappa shape index (κ3) is 5.56. The molecule has 0 aliphatic carbocycles. The normalized spacial score (nSPS) is 11.4. The first-order chi connectivity index (χ1) is 9.86. The Morgan fingerprint density at radius 1 is 1.33 bits per heavy atom. The maximum atomic E-state index is 12.6. The van der Waals surface area contributed by atoms with Crippen molar-refractivity contribution in [2.24, 2.45) is 0 Å². The van der Waals surface area contributed by atoms with Crippen molar-refractivity contribution in [1.29, 1.82) is 0 Å². The molecular formula is C12H15F3N2O4. The molecule has 0 bridgehead atoms. The van der Waals surface area contributed by atoms with Crippen molar-refractivity contribution < 1.29 is 32.5 Å². The summed E-state index contributed by atoms with van der Waals surface area (Å²) in [5, 5.41) is 11.4. The van der Waals surface area contributed by atoms with E-state index in [9.17, 15) is 18.0 Å². The number of anilines is 1. The van der Waals surface area contributed by atoms with Crippen LogP contribution < -0.4 is 5.32 Å². The Kier molecular flexibility index (Phi) is 6.38. The molecule has 0 fully saturated rings. The molecule has 0 aliphatic heterocycles. The second-order valence-corrected chi connectivity index (χ2v) is 3.93. The van der Waals surface area contributed by atoms with Gasteiger partial charge < -0.3 is 19.9 Å². The predicted octanol–water partition coefficient (Wildman–Crippen LogP) is 1.87. The molecule has 0 aliphatic rings. The van der Waals surface area contributed by atoms with Gasteiger partial charge in [-0.2, -0.15) is 13.2 Å². The second-order valence-electron chi connectivity index (χ2n) is 3.93. The zero-order valence-electron chi connectivity index (χ0n) is 11.2. The zero-order valence-corrected chi connectivity index (χ0v) is 11.2. The van der Waals surface area contributed by atoms with E-state index in [1.165, 1.54) is 7.11 Å². The Labute approximate surface area is 118 Å². The van der Waals surface area contributed by atoms with Gasteiger partial charge in [-0.1, -0.05) is 0 Å². The van der Waals surface area contributed by atoms with Crippen molar-refractivity contribution in [2.45, 2.75) is 6.18 Å². The molecule has 6 nitrogen and oxygen atoms in total. The van der Waals surface area contributed by atoms with Crippen LogP contribution in [0.4, 0.5) is 19.0 Å². The predicted molar refractivity (Wildman–Crippen MR) is 67.4 cm³/mol. The number of aromatic carboxylic acids is 1. The van der Waals surface area contributed by atoms with E-state index in [1.54, 1.807) is 0 Å². The summed E-state index contributed by atoms with van der Waals surface area (Å²) in [6.45, 7) is 1.03. The first-order valence-corrected chi connectivity index (χ1v) is 5.98. The fourth-order valence-corrected chi connectivity index (χ4v) is 1.41. The number of alkyl halides is 3. The topological polar surface area (TPSA) is 80.7 Å². The van der Waals surface area contributed by atoms with Crippen molar-refractivity contribution >= 4 is 11.8 Å². The molecule has 1 aromatic rings. The molecule has 1 rings (SSSR count). The van der Waals surface area contributed by atoms with E-state index in [1.807, 2.05) is 0 Å². The van der Waals surface area contributed by atoms with Crippen molar-refractivity contribution in [3.05, 3.63) is 23.4 Å². The van der Waals surface area contributed by atoms with Gasteiger partial charge in [-0.3, -0.25) is 0 Å². The number of rotatable bonds is 8. The average Bonchev–Trinajstić information content (AvgIpc) is 2.41.